The summed E-state index contributed by atoms with van der Waals surface area (Å²) in [7, 11) is 0. The molecule has 1 fully saturated rings. The number of halogens is 1. The third-order valence-corrected chi connectivity index (χ3v) is 5.55. The topological polar surface area (TPSA) is 32.3 Å². The molecule has 3 rings (SSSR count). The van der Waals surface area contributed by atoms with E-state index in [0.717, 1.165) is 56.9 Å². The molecular formula is C23H29ClN2O. The third-order valence-electron chi connectivity index (χ3n) is 5.32. The Bertz CT molecular complexity index is 736. The molecular weight excluding hydrogens is 356 g/mol. The zero-order valence-corrected chi connectivity index (χ0v) is 16.8. The van der Waals surface area contributed by atoms with Crippen molar-refractivity contribution in [3.05, 3.63) is 70.2 Å². The van der Waals surface area contributed by atoms with Crippen LogP contribution >= 0.6 is 11.6 Å². The summed E-state index contributed by atoms with van der Waals surface area (Å²) in [4.78, 5) is 14.8. The smallest absolute Gasteiger partial charge is 0.223 e. The van der Waals surface area contributed by atoms with Gasteiger partial charge in [0.05, 0.1) is 0 Å². The van der Waals surface area contributed by atoms with Gasteiger partial charge in [-0.2, -0.15) is 0 Å². The number of nitrogens with one attached hydrogen (secondary N) is 1. The Labute approximate surface area is 167 Å². The molecule has 0 atom stereocenters. The van der Waals surface area contributed by atoms with E-state index in [2.05, 4.69) is 47.5 Å². The first-order chi connectivity index (χ1) is 13.1. The lowest BCUT2D eigenvalue weighted by Gasteiger charge is -2.31. The highest BCUT2D eigenvalue weighted by Gasteiger charge is 2.24. The molecule has 0 aromatic heterocycles. The van der Waals surface area contributed by atoms with Gasteiger partial charge in [-0.25, -0.2) is 0 Å². The maximum atomic E-state index is 12.4. The van der Waals surface area contributed by atoms with Gasteiger partial charge in [0.2, 0.25) is 5.91 Å². The first kappa shape index (κ1) is 19.9. The quantitative estimate of drug-likeness (QED) is 0.707. The van der Waals surface area contributed by atoms with Crippen molar-refractivity contribution in [2.24, 2.45) is 5.92 Å². The Hall–Kier alpha value is -1.84. The first-order valence-corrected chi connectivity index (χ1v) is 10.3. The number of benzene rings is 2. The Balaban J connectivity index is 1.34. The largest absolute Gasteiger partial charge is 0.356 e. The molecule has 1 aliphatic rings. The monoisotopic (exact) mass is 384 g/mol. The molecule has 2 aromatic carbocycles. The molecule has 2 aromatic rings. The van der Waals surface area contributed by atoms with Crippen molar-refractivity contribution < 1.29 is 4.79 Å². The molecule has 144 valence electrons. The second kappa shape index (κ2) is 9.91. The van der Waals surface area contributed by atoms with E-state index < -0.39 is 0 Å². The summed E-state index contributed by atoms with van der Waals surface area (Å²) in [5.74, 6) is 0.376. The Morgan fingerprint density at radius 3 is 2.56 bits per heavy atom. The average molecular weight is 385 g/mol. The fourth-order valence-electron chi connectivity index (χ4n) is 3.65. The van der Waals surface area contributed by atoms with Gasteiger partial charge in [-0.05, 0) is 69.0 Å². The number of carbonyl (C=O) groups excluding carboxylic acids is 1. The second-order valence-electron chi connectivity index (χ2n) is 7.56. The van der Waals surface area contributed by atoms with E-state index in [9.17, 15) is 4.79 Å². The first-order valence-electron chi connectivity index (χ1n) is 9.90. The lowest BCUT2D eigenvalue weighted by Crippen LogP contribution is -2.40. The summed E-state index contributed by atoms with van der Waals surface area (Å²) in [6, 6.07) is 16.7. The van der Waals surface area contributed by atoms with Gasteiger partial charge in [0.15, 0.2) is 0 Å². The predicted octanol–water partition coefficient (Wildman–Crippen LogP) is 4.61. The molecule has 1 heterocycles. The number of piperidine rings is 1. The van der Waals surface area contributed by atoms with Gasteiger partial charge in [-0.1, -0.05) is 53.6 Å². The number of nitrogens with zero attached hydrogens (tertiary/aromatic N) is 1. The van der Waals surface area contributed by atoms with Gasteiger partial charge in [-0.15, -0.1) is 0 Å². The highest BCUT2D eigenvalue weighted by Crippen LogP contribution is 2.20. The molecule has 1 aliphatic heterocycles. The third kappa shape index (κ3) is 6.37. The minimum Gasteiger partial charge on any atom is -0.356 e. The minimum atomic E-state index is 0.153. The number of aryl methyl sites for hydroxylation is 2. The number of rotatable bonds is 7. The molecule has 0 radical (unpaired) electrons. The molecule has 0 aliphatic carbocycles. The van der Waals surface area contributed by atoms with Crippen molar-refractivity contribution in [2.75, 3.05) is 19.6 Å². The molecule has 0 spiro atoms. The lowest BCUT2D eigenvalue weighted by atomic mass is 9.95. The Morgan fingerprint density at radius 2 is 1.85 bits per heavy atom. The van der Waals surface area contributed by atoms with Crippen LogP contribution in [-0.2, 0) is 17.8 Å². The van der Waals surface area contributed by atoms with Crippen LogP contribution in [0.3, 0.4) is 0 Å². The maximum Gasteiger partial charge on any atom is 0.223 e. The number of amides is 1. The van der Waals surface area contributed by atoms with Crippen LogP contribution in [0.25, 0.3) is 0 Å². The molecule has 0 bridgehead atoms. The van der Waals surface area contributed by atoms with Crippen molar-refractivity contribution >= 4 is 17.5 Å². The average Bonchev–Trinajstić information content (AvgIpc) is 2.67. The fourth-order valence-corrected chi connectivity index (χ4v) is 3.86. The molecule has 0 saturated carbocycles. The molecule has 1 N–H and O–H groups in total. The minimum absolute atomic E-state index is 0.153. The van der Waals surface area contributed by atoms with Crippen molar-refractivity contribution in [1.29, 1.82) is 0 Å². The van der Waals surface area contributed by atoms with Gasteiger partial charge in [-0.3, -0.25) is 9.69 Å². The summed E-state index contributed by atoms with van der Waals surface area (Å²) in [6.07, 6.45) is 3.87. The molecule has 1 amide bonds. The van der Waals surface area contributed by atoms with Gasteiger partial charge >= 0.3 is 0 Å². The number of hydrogen-bond donors (Lipinski definition) is 1. The van der Waals surface area contributed by atoms with Gasteiger partial charge in [0.25, 0.3) is 0 Å². The zero-order valence-electron chi connectivity index (χ0n) is 16.1. The number of likely N-dealkylation sites (tertiary alicyclic amines) is 1. The molecule has 0 unspecified atom stereocenters. The summed E-state index contributed by atoms with van der Waals surface area (Å²) < 4.78 is 0. The van der Waals surface area contributed by atoms with E-state index in [1.54, 1.807) is 0 Å². The summed E-state index contributed by atoms with van der Waals surface area (Å²) in [5, 5.41) is 3.92. The van der Waals surface area contributed by atoms with Crippen molar-refractivity contribution in [1.82, 2.24) is 10.2 Å². The normalized spacial score (nSPS) is 15.6. The van der Waals surface area contributed by atoms with Crippen molar-refractivity contribution in [2.45, 2.75) is 39.2 Å². The maximum absolute atomic E-state index is 12.4. The molecule has 1 saturated heterocycles. The molecule has 27 heavy (non-hydrogen) atoms. The summed E-state index contributed by atoms with van der Waals surface area (Å²) in [5.41, 5.74) is 3.86. The van der Waals surface area contributed by atoms with Gasteiger partial charge in [0.1, 0.15) is 0 Å². The highest BCUT2D eigenvalue weighted by atomic mass is 35.5. The van der Waals surface area contributed by atoms with Crippen LogP contribution in [0.4, 0.5) is 0 Å². The van der Waals surface area contributed by atoms with Crippen LogP contribution in [0, 0.1) is 12.8 Å². The predicted molar refractivity (Wildman–Crippen MR) is 112 cm³/mol. The molecule has 4 heteroatoms. The number of carbonyl (C=O) groups is 1. The summed E-state index contributed by atoms with van der Waals surface area (Å²) in [6.45, 7) is 5.70. The van der Waals surface area contributed by atoms with Gasteiger partial charge in [0, 0.05) is 24.0 Å². The van der Waals surface area contributed by atoms with Crippen molar-refractivity contribution in [3.8, 4) is 0 Å². The fraction of sp³-hybridized carbons (Fsp3) is 0.435. The van der Waals surface area contributed by atoms with Crippen LogP contribution in [0.2, 0.25) is 5.02 Å². The van der Waals surface area contributed by atoms with E-state index in [-0.39, 0.29) is 11.8 Å². The van der Waals surface area contributed by atoms with Gasteiger partial charge < -0.3 is 5.32 Å². The molecule has 3 nitrogen and oxygen atoms in total. The Morgan fingerprint density at radius 1 is 1.11 bits per heavy atom. The highest BCUT2D eigenvalue weighted by molar-refractivity contribution is 6.30. The van der Waals surface area contributed by atoms with E-state index >= 15 is 0 Å². The van der Waals surface area contributed by atoms with Crippen molar-refractivity contribution in [3.63, 3.8) is 0 Å². The lowest BCUT2D eigenvalue weighted by molar-refractivity contribution is -0.126. The van der Waals surface area contributed by atoms with E-state index in [0.29, 0.717) is 0 Å². The summed E-state index contributed by atoms with van der Waals surface area (Å²) >= 11 is 6.06. The van der Waals surface area contributed by atoms with Crippen LogP contribution in [0.15, 0.2) is 48.5 Å². The SMILES string of the molecule is Cc1ccc(CCCNC(=O)C2CCN(Cc3cccc(Cl)c3)CC2)cc1. The van der Waals surface area contributed by atoms with Crippen LogP contribution in [0.1, 0.15) is 36.0 Å². The zero-order chi connectivity index (χ0) is 19.1. The Kier molecular flexibility index (Phi) is 7.31. The standard InChI is InChI=1S/C23H29ClN2O/c1-18-7-9-19(10-8-18)5-3-13-25-23(27)21-11-14-26(15-12-21)17-20-4-2-6-22(24)16-20/h2,4,6-10,16,21H,3,5,11-15,17H2,1H3,(H,25,27). The number of hydrogen-bond acceptors (Lipinski definition) is 2. The van der Waals surface area contributed by atoms with Crippen LogP contribution in [0.5, 0.6) is 0 Å². The van der Waals surface area contributed by atoms with E-state index in [1.165, 1.54) is 16.7 Å². The van der Waals surface area contributed by atoms with E-state index in [4.69, 9.17) is 11.6 Å². The second-order valence-corrected chi connectivity index (χ2v) is 8.00. The van der Waals surface area contributed by atoms with Crippen LogP contribution in [-0.4, -0.2) is 30.4 Å². The van der Waals surface area contributed by atoms with E-state index in [1.807, 2.05) is 18.2 Å². The van der Waals surface area contributed by atoms with Crippen LogP contribution < -0.4 is 5.32 Å².